The van der Waals surface area contributed by atoms with Crippen LogP contribution in [0, 0.1) is 0 Å². The van der Waals surface area contributed by atoms with E-state index in [4.69, 9.17) is 0 Å². The summed E-state index contributed by atoms with van der Waals surface area (Å²) in [6, 6.07) is 0.334. The van der Waals surface area contributed by atoms with Crippen molar-refractivity contribution in [3.63, 3.8) is 0 Å². The number of carbonyl (C=O) groups excluding carboxylic acids is 1. The lowest BCUT2D eigenvalue weighted by Gasteiger charge is -2.14. The Morgan fingerprint density at radius 3 is 2.40 bits per heavy atom. The molecule has 2 rings (SSSR count). The van der Waals surface area contributed by atoms with Crippen LogP contribution < -0.4 is 0 Å². The van der Waals surface area contributed by atoms with Crippen molar-refractivity contribution in [1.29, 1.82) is 0 Å². The maximum Gasteiger partial charge on any atom is 0.167 e. The molecule has 0 saturated carbocycles. The van der Waals surface area contributed by atoms with E-state index in [1.165, 1.54) is 0 Å². The molecule has 82 valence electrons. The summed E-state index contributed by atoms with van der Waals surface area (Å²) in [5.41, 5.74) is 3.05. The Hall–Kier alpha value is -1.12. The number of aromatic nitrogens is 2. The van der Waals surface area contributed by atoms with Crippen molar-refractivity contribution in [2.75, 3.05) is 0 Å². The molecule has 0 saturated heterocycles. The summed E-state index contributed by atoms with van der Waals surface area (Å²) in [6.07, 6.45) is 1.48. The highest BCUT2D eigenvalue weighted by Crippen LogP contribution is 2.31. The molecule has 0 atom stereocenters. The molecule has 0 aromatic carbocycles. The molecular weight excluding hydrogens is 188 g/mol. The summed E-state index contributed by atoms with van der Waals surface area (Å²) in [6.45, 7) is 8.47. The second-order valence-electron chi connectivity index (χ2n) is 4.82. The van der Waals surface area contributed by atoms with E-state index >= 15 is 0 Å². The number of hydrogen-bond donors (Lipinski definition) is 0. The molecule has 0 unspecified atom stereocenters. The molecule has 1 heterocycles. The van der Waals surface area contributed by atoms with Gasteiger partial charge in [0.25, 0.3) is 0 Å². The Balaban J connectivity index is 2.61. The number of carbonyl (C=O) groups is 1. The summed E-state index contributed by atoms with van der Waals surface area (Å²) in [5, 5.41) is 4.56. The van der Waals surface area contributed by atoms with E-state index in [1.54, 1.807) is 0 Å². The molecule has 0 bridgehead atoms. The smallest absolute Gasteiger partial charge is 0.167 e. The summed E-state index contributed by atoms with van der Waals surface area (Å²) in [7, 11) is 0. The van der Waals surface area contributed by atoms with Crippen LogP contribution in [0.5, 0.6) is 0 Å². The number of hydrogen-bond acceptors (Lipinski definition) is 2. The number of aryl methyl sites for hydroxylation is 1. The molecule has 3 heteroatoms. The first-order valence-corrected chi connectivity index (χ1v) is 5.66. The van der Waals surface area contributed by atoms with Crippen molar-refractivity contribution >= 4 is 5.78 Å². The van der Waals surface area contributed by atoms with Crippen LogP contribution in [0.25, 0.3) is 0 Å². The van der Waals surface area contributed by atoms with Crippen molar-refractivity contribution in [2.24, 2.45) is 0 Å². The summed E-state index contributed by atoms with van der Waals surface area (Å²) in [5.74, 6) is 0.645. The van der Waals surface area contributed by atoms with Gasteiger partial charge in [0.2, 0.25) is 0 Å². The van der Waals surface area contributed by atoms with Gasteiger partial charge in [-0.25, -0.2) is 0 Å². The van der Waals surface area contributed by atoms with Crippen LogP contribution in [0.4, 0.5) is 0 Å². The Morgan fingerprint density at radius 1 is 1.20 bits per heavy atom. The molecule has 3 nitrogen and oxygen atoms in total. The molecular formula is C12H18N2O. The molecule has 0 fully saturated rings. The van der Waals surface area contributed by atoms with Crippen LogP contribution in [0.2, 0.25) is 0 Å². The van der Waals surface area contributed by atoms with Crippen LogP contribution in [-0.2, 0) is 6.42 Å². The molecule has 0 amide bonds. The quantitative estimate of drug-likeness (QED) is 0.745. The molecule has 1 aliphatic rings. The van der Waals surface area contributed by atoms with Gasteiger partial charge >= 0.3 is 0 Å². The lowest BCUT2D eigenvalue weighted by Crippen LogP contribution is -2.11. The van der Waals surface area contributed by atoms with Crippen LogP contribution >= 0.6 is 0 Å². The lowest BCUT2D eigenvalue weighted by atomic mass is 10.0. The maximum atomic E-state index is 11.8. The molecule has 1 aliphatic carbocycles. The van der Waals surface area contributed by atoms with Crippen LogP contribution in [0.15, 0.2) is 0 Å². The van der Waals surface area contributed by atoms with Crippen molar-refractivity contribution in [2.45, 2.75) is 52.5 Å². The van der Waals surface area contributed by atoms with E-state index in [9.17, 15) is 4.79 Å². The minimum absolute atomic E-state index is 0.278. The minimum Gasteiger partial charge on any atom is -0.294 e. The Bertz CT molecular complexity index is 402. The third-order valence-corrected chi connectivity index (χ3v) is 2.92. The second-order valence-corrected chi connectivity index (χ2v) is 4.82. The number of Topliss-reactive ketones (excluding diaryl/α,β-unsaturated/α-hetero) is 1. The van der Waals surface area contributed by atoms with E-state index in [0.717, 1.165) is 23.4 Å². The Kier molecular flexibility index (Phi) is 2.41. The van der Waals surface area contributed by atoms with Gasteiger partial charge in [-0.3, -0.25) is 9.48 Å². The average Bonchev–Trinajstić information content (AvgIpc) is 2.65. The highest BCUT2D eigenvalue weighted by Gasteiger charge is 2.30. The number of fused-ring (bicyclic) bond motifs is 1. The normalized spacial score (nSPS) is 15.5. The van der Waals surface area contributed by atoms with Crippen LogP contribution in [0.3, 0.4) is 0 Å². The average molecular weight is 206 g/mol. The maximum absolute atomic E-state index is 11.8. The second kappa shape index (κ2) is 3.47. The van der Waals surface area contributed by atoms with Crippen molar-refractivity contribution in [3.8, 4) is 0 Å². The fourth-order valence-corrected chi connectivity index (χ4v) is 2.28. The first-order valence-electron chi connectivity index (χ1n) is 5.66. The number of rotatable bonds is 2. The third-order valence-electron chi connectivity index (χ3n) is 2.92. The van der Waals surface area contributed by atoms with E-state index in [-0.39, 0.29) is 5.78 Å². The fraction of sp³-hybridized carbons (Fsp3) is 0.667. The van der Waals surface area contributed by atoms with Gasteiger partial charge in [0.1, 0.15) is 0 Å². The standard InChI is InChI=1S/C12H18N2O/c1-7(2)12-11-9(5-6-10(11)15)13-14(12)8(3)4/h7-8H,5-6H2,1-4H3. The van der Waals surface area contributed by atoms with E-state index in [2.05, 4.69) is 32.8 Å². The van der Waals surface area contributed by atoms with Crippen LogP contribution in [0.1, 0.15) is 67.8 Å². The largest absolute Gasteiger partial charge is 0.294 e. The Labute approximate surface area is 90.5 Å². The highest BCUT2D eigenvalue weighted by atomic mass is 16.1. The molecule has 0 radical (unpaired) electrons. The fourth-order valence-electron chi connectivity index (χ4n) is 2.28. The number of nitrogens with zero attached hydrogens (tertiary/aromatic N) is 2. The first-order chi connectivity index (χ1) is 7.02. The minimum atomic E-state index is 0.278. The van der Waals surface area contributed by atoms with Gasteiger partial charge in [0.15, 0.2) is 5.78 Å². The van der Waals surface area contributed by atoms with Gasteiger partial charge in [0.05, 0.1) is 17.0 Å². The topological polar surface area (TPSA) is 34.9 Å². The molecule has 1 aromatic rings. The van der Waals surface area contributed by atoms with Gasteiger partial charge < -0.3 is 0 Å². The first kappa shape index (κ1) is 10.4. The third kappa shape index (κ3) is 1.50. The van der Waals surface area contributed by atoms with Crippen molar-refractivity contribution < 1.29 is 4.79 Å². The summed E-state index contributed by atoms with van der Waals surface area (Å²) in [4.78, 5) is 11.8. The van der Waals surface area contributed by atoms with Gasteiger partial charge in [0, 0.05) is 12.5 Å². The van der Waals surface area contributed by atoms with Gasteiger partial charge in [-0.15, -0.1) is 0 Å². The SMILES string of the molecule is CC(C)c1c2c(nn1C(C)C)CCC2=O. The number of ketones is 1. The molecule has 0 N–H and O–H groups in total. The zero-order valence-corrected chi connectivity index (χ0v) is 9.87. The molecule has 0 aliphatic heterocycles. The predicted octanol–water partition coefficient (Wildman–Crippen LogP) is 2.72. The van der Waals surface area contributed by atoms with Gasteiger partial charge in [-0.1, -0.05) is 13.8 Å². The zero-order valence-electron chi connectivity index (χ0n) is 9.87. The molecule has 0 spiro atoms. The molecule has 15 heavy (non-hydrogen) atoms. The Morgan fingerprint density at radius 2 is 1.87 bits per heavy atom. The van der Waals surface area contributed by atoms with E-state index in [0.29, 0.717) is 18.4 Å². The van der Waals surface area contributed by atoms with Gasteiger partial charge in [-0.2, -0.15) is 5.10 Å². The molecule has 1 aromatic heterocycles. The summed E-state index contributed by atoms with van der Waals surface area (Å²) >= 11 is 0. The van der Waals surface area contributed by atoms with Gasteiger partial charge in [-0.05, 0) is 26.2 Å². The lowest BCUT2D eigenvalue weighted by molar-refractivity contribution is 0.0992. The highest BCUT2D eigenvalue weighted by molar-refractivity contribution is 6.01. The summed E-state index contributed by atoms with van der Waals surface area (Å²) < 4.78 is 2.02. The van der Waals surface area contributed by atoms with E-state index < -0.39 is 0 Å². The van der Waals surface area contributed by atoms with Crippen molar-refractivity contribution in [3.05, 3.63) is 17.0 Å². The van der Waals surface area contributed by atoms with E-state index in [1.807, 2.05) is 4.68 Å². The van der Waals surface area contributed by atoms with Crippen molar-refractivity contribution in [1.82, 2.24) is 9.78 Å². The van der Waals surface area contributed by atoms with Crippen LogP contribution in [-0.4, -0.2) is 15.6 Å². The zero-order chi connectivity index (χ0) is 11.2. The monoisotopic (exact) mass is 206 g/mol. The predicted molar refractivity (Wildman–Crippen MR) is 59.4 cm³/mol.